The van der Waals surface area contributed by atoms with E-state index in [9.17, 15) is 9.59 Å². The number of amides is 1. The number of rotatable bonds is 5. The van der Waals surface area contributed by atoms with Crippen LogP contribution in [0.25, 0.3) is 0 Å². The largest absolute Gasteiger partial charge is 0.496 e. The highest BCUT2D eigenvalue weighted by molar-refractivity contribution is 5.89. The standard InChI is InChI=1S/C14H17NO4/c1-15(13(16)10-7-11(10)14(17)18)8-9-5-3-4-6-12(9)19-2/h3-6,10-11H,7-8H2,1-2H3,(H,17,18)/t10-,11+/m0/s1. The minimum Gasteiger partial charge on any atom is -0.496 e. The number of carboxylic acids is 1. The number of carbonyl (C=O) groups is 2. The second kappa shape index (κ2) is 5.30. The Morgan fingerprint density at radius 1 is 1.37 bits per heavy atom. The molecule has 0 saturated heterocycles. The third-order valence-corrected chi connectivity index (χ3v) is 3.40. The molecule has 0 aliphatic heterocycles. The van der Waals surface area contributed by atoms with Crippen LogP contribution in [-0.4, -0.2) is 36.0 Å². The molecule has 2 atom stereocenters. The molecule has 1 fully saturated rings. The van der Waals surface area contributed by atoms with Crippen LogP contribution in [0.1, 0.15) is 12.0 Å². The van der Waals surface area contributed by atoms with Crippen molar-refractivity contribution in [3.63, 3.8) is 0 Å². The highest BCUT2D eigenvalue weighted by Gasteiger charge is 2.49. The highest BCUT2D eigenvalue weighted by atomic mass is 16.5. The van der Waals surface area contributed by atoms with E-state index in [1.807, 2.05) is 24.3 Å². The van der Waals surface area contributed by atoms with E-state index in [2.05, 4.69) is 0 Å². The number of methoxy groups -OCH3 is 1. The third-order valence-electron chi connectivity index (χ3n) is 3.40. The lowest BCUT2D eigenvalue weighted by Crippen LogP contribution is -2.29. The maximum Gasteiger partial charge on any atom is 0.307 e. The highest BCUT2D eigenvalue weighted by Crippen LogP contribution is 2.40. The molecule has 0 unspecified atom stereocenters. The van der Waals surface area contributed by atoms with Crippen molar-refractivity contribution in [1.29, 1.82) is 0 Å². The van der Waals surface area contributed by atoms with Gasteiger partial charge in [-0.2, -0.15) is 0 Å². The average molecular weight is 263 g/mol. The molecular formula is C14H17NO4. The summed E-state index contributed by atoms with van der Waals surface area (Å²) in [5.74, 6) is -1.14. The lowest BCUT2D eigenvalue weighted by Gasteiger charge is -2.18. The van der Waals surface area contributed by atoms with Crippen molar-refractivity contribution < 1.29 is 19.4 Å². The Bertz CT molecular complexity index is 500. The Morgan fingerprint density at radius 2 is 2.05 bits per heavy atom. The van der Waals surface area contributed by atoms with Gasteiger partial charge in [0.05, 0.1) is 18.9 Å². The molecular weight excluding hydrogens is 246 g/mol. The molecule has 0 aromatic heterocycles. The number of para-hydroxylation sites is 1. The zero-order valence-electron chi connectivity index (χ0n) is 11.0. The van der Waals surface area contributed by atoms with Gasteiger partial charge in [-0.05, 0) is 12.5 Å². The summed E-state index contributed by atoms with van der Waals surface area (Å²) in [6.07, 6.45) is 0.449. The zero-order chi connectivity index (χ0) is 14.0. The fraction of sp³-hybridized carbons (Fsp3) is 0.429. The van der Waals surface area contributed by atoms with Crippen molar-refractivity contribution in [2.24, 2.45) is 11.8 Å². The molecule has 1 aromatic rings. The molecule has 19 heavy (non-hydrogen) atoms. The lowest BCUT2D eigenvalue weighted by atomic mass is 10.2. The molecule has 0 spiro atoms. The summed E-state index contributed by atoms with van der Waals surface area (Å²) in [7, 11) is 3.27. The van der Waals surface area contributed by atoms with E-state index < -0.39 is 11.9 Å². The molecule has 2 rings (SSSR count). The van der Waals surface area contributed by atoms with Crippen LogP contribution in [0.2, 0.25) is 0 Å². The molecule has 5 heteroatoms. The summed E-state index contributed by atoms with van der Waals surface area (Å²) in [6.45, 7) is 0.422. The quantitative estimate of drug-likeness (QED) is 0.871. The maximum absolute atomic E-state index is 12.0. The van der Waals surface area contributed by atoms with Crippen LogP contribution in [0.4, 0.5) is 0 Å². The van der Waals surface area contributed by atoms with E-state index in [1.54, 1.807) is 19.1 Å². The van der Waals surface area contributed by atoms with E-state index in [0.29, 0.717) is 13.0 Å². The van der Waals surface area contributed by atoms with Gasteiger partial charge in [0.15, 0.2) is 0 Å². The molecule has 0 heterocycles. The second-order valence-electron chi connectivity index (χ2n) is 4.79. The van der Waals surface area contributed by atoms with Gasteiger partial charge in [0.2, 0.25) is 5.91 Å². The second-order valence-corrected chi connectivity index (χ2v) is 4.79. The predicted octanol–water partition coefficient (Wildman–Crippen LogP) is 1.37. The van der Waals surface area contributed by atoms with Crippen LogP contribution in [-0.2, 0) is 16.1 Å². The summed E-state index contributed by atoms with van der Waals surface area (Å²) in [4.78, 5) is 24.4. The maximum atomic E-state index is 12.0. The third kappa shape index (κ3) is 2.86. The number of hydrogen-bond donors (Lipinski definition) is 1. The van der Waals surface area contributed by atoms with Crippen molar-refractivity contribution in [2.75, 3.05) is 14.2 Å². The van der Waals surface area contributed by atoms with Gasteiger partial charge in [-0.15, -0.1) is 0 Å². The first-order valence-electron chi connectivity index (χ1n) is 6.14. The van der Waals surface area contributed by atoms with Crippen molar-refractivity contribution >= 4 is 11.9 Å². The van der Waals surface area contributed by atoms with Crippen LogP contribution in [0.15, 0.2) is 24.3 Å². The Labute approximate surface area is 111 Å². The number of nitrogens with zero attached hydrogens (tertiary/aromatic N) is 1. The number of benzene rings is 1. The summed E-state index contributed by atoms with van der Waals surface area (Å²) >= 11 is 0. The van der Waals surface area contributed by atoms with Gasteiger partial charge < -0.3 is 14.7 Å². The Kier molecular flexibility index (Phi) is 3.74. The van der Waals surface area contributed by atoms with Crippen LogP contribution in [0, 0.1) is 11.8 Å². The number of ether oxygens (including phenoxy) is 1. The predicted molar refractivity (Wildman–Crippen MR) is 68.7 cm³/mol. The smallest absolute Gasteiger partial charge is 0.307 e. The van der Waals surface area contributed by atoms with Crippen LogP contribution < -0.4 is 4.74 Å². The van der Waals surface area contributed by atoms with Crippen LogP contribution in [0.5, 0.6) is 5.75 Å². The fourth-order valence-electron chi connectivity index (χ4n) is 2.19. The minimum atomic E-state index is -0.885. The number of hydrogen-bond acceptors (Lipinski definition) is 3. The molecule has 102 valence electrons. The van der Waals surface area contributed by atoms with Gasteiger partial charge in [0, 0.05) is 19.2 Å². The summed E-state index contributed by atoms with van der Waals surface area (Å²) in [5, 5.41) is 8.84. The first-order chi connectivity index (χ1) is 9.04. The molecule has 1 N–H and O–H groups in total. The SMILES string of the molecule is COc1ccccc1CN(C)C(=O)[C@H]1C[C@H]1C(=O)O. The summed E-state index contributed by atoms with van der Waals surface area (Å²) in [6, 6.07) is 7.48. The van der Waals surface area contributed by atoms with Gasteiger partial charge in [-0.3, -0.25) is 9.59 Å². The average Bonchev–Trinajstić information content (AvgIpc) is 3.18. The summed E-state index contributed by atoms with van der Waals surface area (Å²) < 4.78 is 5.23. The van der Waals surface area contributed by atoms with E-state index in [4.69, 9.17) is 9.84 Å². The molecule has 5 nitrogen and oxygen atoms in total. The van der Waals surface area contributed by atoms with Gasteiger partial charge in [-0.25, -0.2) is 0 Å². The first-order valence-corrected chi connectivity index (χ1v) is 6.14. The van der Waals surface area contributed by atoms with Crippen LogP contribution in [0.3, 0.4) is 0 Å². The molecule has 1 aromatic carbocycles. The monoisotopic (exact) mass is 263 g/mol. The van der Waals surface area contributed by atoms with Crippen LogP contribution >= 0.6 is 0 Å². The molecule has 1 amide bonds. The molecule has 1 aliphatic rings. The minimum absolute atomic E-state index is 0.113. The van der Waals surface area contributed by atoms with Gasteiger partial charge >= 0.3 is 5.97 Å². The van der Waals surface area contributed by atoms with Crippen molar-refractivity contribution in [1.82, 2.24) is 4.90 Å². The molecule has 0 radical (unpaired) electrons. The van der Waals surface area contributed by atoms with Crippen molar-refractivity contribution in [3.05, 3.63) is 29.8 Å². The topological polar surface area (TPSA) is 66.8 Å². The Morgan fingerprint density at radius 3 is 2.63 bits per heavy atom. The Balaban J connectivity index is 1.99. The molecule has 1 saturated carbocycles. The zero-order valence-corrected chi connectivity index (χ0v) is 11.0. The van der Waals surface area contributed by atoms with E-state index in [1.165, 1.54) is 0 Å². The van der Waals surface area contributed by atoms with Gasteiger partial charge in [-0.1, -0.05) is 18.2 Å². The molecule has 0 bridgehead atoms. The van der Waals surface area contributed by atoms with E-state index >= 15 is 0 Å². The van der Waals surface area contributed by atoms with E-state index in [0.717, 1.165) is 11.3 Å². The van der Waals surface area contributed by atoms with Crippen molar-refractivity contribution in [3.8, 4) is 5.75 Å². The van der Waals surface area contributed by atoms with Gasteiger partial charge in [0.25, 0.3) is 0 Å². The summed E-state index contributed by atoms with van der Waals surface area (Å²) in [5.41, 5.74) is 0.911. The number of carboxylic acid groups (broad SMARTS) is 1. The number of carbonyl (C=O) groups excluding carboxylic acids is 1. The molecule has 1 aliphatic carbocycles. The Hall–Kier alpha value is -2.04. The lowest BCUT2D eigenvalue weighted by molar-refractivity contribution is -0.141. The number of aliphatic carboxylic acids is 1. The first kappa shape index (κ1) is 13.4. The van der Waals surface area contributed by atoms with Crippen molar-refractivity contribution in [2.45, 2.75) is 13.0 Å². The van der Waals surface area contributed by atoms with E-state index in [-0.39, 0.29) is 11.8 Å². The van der Waals surface area contributed by atoms with Gasteiger partial charge in [0.1, 0.15) is 5.75 Å². The fourth-order valence-corrected chi connectivity index (χ4v) is 2.19. The normalized spacial score (nSPS) is 20.7.